The van der Waals surface area contributed by atoms with Gasteiger partial charge in [-0.25, -0.2) is 0 Å². The fraction of sp³-hybridized carbons (Fsp3) is 0.294. The quantitative estimate of drug-likeness (QED) is 0.904. The summed E-state index contributed by atoms with van der Waals surface area (Å²) in [5, 5.41) is 9.53. The molecule has 0 fully saturated rings. The van der Waals surface area contributed by atoms with Crippen LogP contribution in [0.4, 0.5) is 0 Å². The highest BCUT2D eigenvalue weighted by Gasteiger charge is 2.25. The minimum absolute atomic E-state index is 0.345. The normalized spacial score (nSPS) is 17.7. The van der Waals surface area contributed by atoms with Crippen LogP contribution in [-0.4, -0.2) is 17.1 Å². The molecule has 0 saturated carbocycles. The molecule has 1 atom stereocenters. The number of aryl methyl sites for hydroxylation is 1. The van der Waals surface area contributed by atoms with E-state index in [9.17, 15) is 5.11 Å². The SMILES string of the molecule is CN(Cc1cccc(O)c1)C1CCc2ccccc21. The molecular formula is C17H19NO. The predicted molar refractivity (Wildman–Crippen MR) is 77.1 cm³/mol. The van der Waals surface area contributed by atoms with Crippen molar-refractivity contribution in [3.8, 4) is 5.75 Å². The summed E-state index contributed by atoms with van der Waals surface area (Å²) >= 11 is 0. The second-order valence-electron chi connectivity index (χ2n) is 5.34. The zero-order valence-electron chi connectivity index (χ0n) is 11.2. The van der Waals surface area contributed by atoms with Crippen molar-refractivity contribution in [2.24, 2.45) is 0 Å². The summed E-state index contributed by atoms with van der Waals surface area (Å²) in [6.07, 6.45) is 2.36. The maximum atomic E-state index is 9.53. The van der Waals surface area contributed by atoms with Gasteiger partial charge < -0.3 is 5.11 Å². The molecule has 98 valence electrons. The molecule has 0 spiro atoms. The number of fused-ring (bicyclic) bond motifs is 1. The van der Waals surface area contributed by atoms with E-state index < -0.39 is 0 Å². The van der Waals surface area contributed by atoms with Crippen LogP contribution in [0.15, 0.2) is 48.5 Å². The van der Waals surface area contributed by atoms with E-state index in [2.05, 4.69) is 42.3 Å². The van der Waals surface area contributed by atoms with Crippen molar-refractivity contribution in [1.82, 2.24) is 4.90 Å². The zero-order chi connectivity index (χ0) is 13.2. The number of nitrogens with zero attached hydrogens (tertiary/aromatic N) is 1. The number of phenols is 1. The Morgan fingerprint density at radius 1 is 1.16 bits per heavy atom. The van der Waals surface area contributed by atoms with Crippen LogP contribution >= 0.6 is 0 Å². The Kier molecular flexibility index (Phi) is 3.26. The number of aromatic hydroxyl groups is 1. The summed E-state index contributed by atoms with van der Waals surface area (Å²) in [4.78, 5) is 2.38. The molecule has 2 aromatic rings. The average Bonchev–Trinajstić information content (AvgIpc) is 2.82. The van der Waals surface area contributed by atoms with Gasteiger partial charge in [-0.05, 0) is 48.7 Å². The van der Waals surface area contributed by atoms with E-state index in [1.54, 1.807) is 6.07 Å². The smallest absolute Gasteiger partial charge is 0.115 e. The summed E-state index contributed by atoms with van der Waals surface area (Å²) < 4.78 is 0. The van der Waals surface area contributed by atoms with Crippen molar-refractivity contribution in [2.45, 2.75) is 25.4 Å². The maximum absolute atomic E-state index is 9.53. The average molecular weight is 253 g/mol. The zero-order valence-corrected chi connectivity index (χ0v) is 11.2. The highest BCUT2D eigenvalue weighted by Crippen LogP contribution is 2.35. The molecule has 0 radical (unpaired) electrons. The molecule has 0 aliphatic heterocycles. The van der Waals surface area contributed by atoms with Gasteiger partial charge in [0.25, 0.3) is 0 Å². The lowest BCUT2D eigenvalue weighted by Crippen LogP contribution is -2.22. The second kappa shape index (κ2) is 5.06. The second-order valence-corrected chi connectivity index (χ2v) is 5.34. The first-order chi connectivity index (χ1) is 9.24. The van der Waals surface area contributed by atoms with Crippen molar-refractivity contribution in [2.75, 3.05) is 7.05 Å². The van der Waals surface area contributed by atoms with Crippen LogP contribution in [0.3, 0.4) is 0 Å². The Bertz CT molecular complexity index is 579. The van der Waals surface area contributed by atoms with E-state index >= 15 is 0 Å². The minimum Gasteiger partial charge on any atom is -0.508 e. The fourth-order valence-corrected chi connectivity index (χ4v) is 3.05. The van der Waals surface area contributed by atoms with Gasteiger partial charge in [0.15, 0.2) is 0 Å². The molecule has 2 aromatic carbocycles. The van der Waals surface area contributed by atoms with Gasteiger partial charge in [-0.2, -0.15) is 0 Å². The Balaban J connectivity index is 1.77. The van der Waals surface area contributed by atoms with Gasteiger partial charge in [-0.3, -0.25) is 4.90 Å². The van der Waals surface area contributed by atoms with Crippen LogP contribution in [-0.2, 0) is 13.0 Å². The molecule has 2 nitrogen and oxygen atoms in total. The van der Waals surface area contributed by atoms with Gasteiger partial charge >= 0.3 is 0 Å². The van der Waals surface area contributed by atoms with E-state index in [4.69, 9.17) is 0 Å². The monoisotopic (exact) mass is 253 g/mol. The lowest BCUT2D eigenvalue weighted by atomic mass is 10.1. The van der Waals surface area contributed by atoms with Crippen LogP contribution in [0.5, 0.6) is 5.75 Å². The Morgan fingerprint density at radius 2 is 2.00 bits per heavy atom. The lowest BCUT2D eigenvalue weighted by Gasteiger charge is -2.25. The van der Waals surface area contributed by atoms with Gasteiger partial charge in [0.05, 0.1) is 0 Å². The molecule has 0 aromatic heterocycles. The molecule has 0 saturated heterocycles. The molecule has 0 amide bonds. The summed E-state index contributed by atoms with van der Waals surface area (Å²) in [5.41, 5.74) is 4.10. The van der Waals surface area contributed by atoms with Gasteiger partial charge in [-0.15, -0.1) is 0 Å². The molecule has 19 heavy (non-hydrogen) atoms. The largest absolute Gasteiger partial charge is 0.508 e. The standard InChI is InChI=1S/C17H19NO/c1-18(12-13-5-4-7-15(19)11-13)17-10-9-14-6-2-3-8-16(14)17/h2-8,11,17,19H,9-10,12H2,1H3. The van der Waals surface area contributed by atoms with E-state index in [1.165, 1.54) is 24.0 Å². The summed E-state index contributed by atoms with van der Waals surface area (Å²) in [6, 6.07) is 16.8. The first-order valence-corrected chi connectivity index (χ1v) is 6.80. The van der Waals surface area contributed by atoms with E-state index in [0.29, 0.717) is 11.8 Å². The summed E-state index contributed by atoms with van der Waals surface area (Å²) in [7, 11) is 2.16. The van der Waals surface area contributed by atoms with Crippen molar-refractivity contribution in [3.05, 3.63) is 65.2 Å². The maximum Gasteiger partial charge on any atom is 0.115 e. The molecule has 1 aliphatic rings. The van der Waals surface area contributed by atoms with Gasteiger partial charge in [-0.1, -0.05) is 36.4 Å². The summed E-state index contributed by atoms with van der Waals surface area (Å²) in [5.74, 6) is 0.345. The van der Waals surface area contributed by atoms with Crippen LogP contribution in [0.2, 0.25) is 0 Å². The summed E-state index contributed by atoms with van der Waals surface area (Å²) in [6.45, 7) is 0.868. The lowest BCUT2D eigenvalue weighted by molar-refractivity contribution is 0.235. The van der Waals surface area contributed by atoms with E-state index in [0.717, 1.165) is 12.1 Å². The van der Waals surface area contributed by atoms with Crippen molar-refractivity contribution in [1.29, 1.82) is 0 Å². The molecule has 0 bridgehead atoms. The van der Waals surface area contributed by atoms with Crippen molar-refractivity contribution in [3.63, 3.8) is 0 Å². The fourth-order valence-electron chi connectivity index (χ4n) is 3.05. The van der Waals surface area contributed by atoms with Crippen LogP contribution < -0.4 is 0 Å². The molecule has 1 unspecified atom stereocenters. The molecule has 2 heteroatoms. The topological polar surface area (TPSA) is 23.5 Å². The van der Waals surface area contributed by atoms with Crippen molar-refractivity contribution >= 4 is 0 Å². The van der Waals surface area contributed by atoms with Crippen LogP contribution in [0.25, 0.3) is 0 Å². The molecule has 1 aliphatic carbocycles. The molecular weight excluding hydrogens is 234 g/mol. The number of phenolic OH excluding ortho intramolecular Hbond substituents is 1. The van der Waals surface area contributed by atoms with Gasteiger partial charge in [0.1, 0.15) is 5.75 Å². The number of rotatable bonds is 3. The number of hydrogen-bond donors (Lipinski definition) is 1. The molecule has 1 N–H and O–H groups in total. The van der Waals surface area contributed by atoms with Gasteiger partial charge in [0.2, 0.25) is 0 Å². The highest BCUT2D eigenvalue weighted by atomic mass is 16.3. The minimum atomic E-state index is 0.345. The Labute approximate surface area is 114 Å². The van der Waals surface area contributed by atoms with E-state index in [1.807, 2.05) is 12.1 Å². The molecule has 3 rings (SSSR count). The first kappa shape index (κ1) is 12.2. The first-order valence-electron chi connectivity index (χ1n) is 6.80. The van der Waals surface area contributed by atoms with Crippen molar-refractivity contribution < 1.29 is 5.11 Å². The third-order valence-corrected chi connectivity index (χ3v) is 3.98. The van der Waals surface area contributed by atoms with Gasteiger partial charge in [0, 0.05) is 12.6 Å². The number of hydrogen-bond acceptors (Lipinski definition) is 2. The Morgan fingerprint density at radius 3 is 2.84 bits per heavy atom. The Hall–Kier alpha value is -1.80. The van der Waals surface area contributed by atoms with Crippen LogP contribution in [0.1, 0.15) is 29.2 Å². The highest BCUT2D eigenvalue weighted by molar-refractivity contribution is 5.34. The van der Waals surface area contributed by atoms with E-state index in [-0.39, 0.29) is 0 Å². The van der Waals surface area contributed by atoms with Crippen LogP contribution in [0, 0.1) is 0 Å². The molecule has 0 heterocycles. The third-order valence-electron chi connectivity index (χ3n) is 3.98. The third kappa shape index (κ3) is 2.49. The predicted octanol–water partition coefficient (Wildman–Crippen LogP) is 3.51. The number of benzene rings is 2.